The minimum absolute atomic E-state index is 0.109. The molecule has 2 nitrogen and oxygen atoms in total. The van der Waals surface area contributed by atoms with E-state index < -0.39 is 0 Å². The lowest BCUT2D eigenvalue weighted by Gasteiger charge is -2.51. The molecule has 0 aromatic rings. The van der Waals surface area contributed by atoms with Gasteiger partial charge in [-0.25, -0.2) is 4.79 Å². The van der Waals surface area contributed by atoms with E-state index in [0.29, 0.717) is 12.0 Å². The molecule has 0 N–H and O–H groups in total. The molecule has 0 heterocycles. The maximum Gasteiger partial charge on any atom is 0.333 e. The van der Waals surface area contributed by atoms with Crippen LogP contribution in [0.15, 0.2) is 11.1 Å². The van der Waals surface area contributed by atoms with Gasteiger partial charge in [-0.05, 0) is 69.1 Å². The molecular weight excluding hydrogens is 248 g/mol. The Morgan fingerprint density at radius 3 is 2.65 bits per heavy atom. The Kier molecular flexibility index (Phi) is 4.61. The van der Waals surface area contributed by atoms with Gasteiger partial charge in [-0.2, -0.15) is 0 Å². The van der Waals surface area contributed by atoms with Crippen molar-refractivity contribution in [3.8, 4) is 0 Å². The van der Waals surface area contributed by atoms with Crippen molar-refractivity contribution >= 4 is 5.97 Å². The molecule has 20 heavy (non-hydrogen) atoms. The van der Waals surface area contributed by atoms with E-state index in [1.807, 2.05) is 13.8 Å². The van der Waals surface area contributed by atoms with Gasteiger partial charge < -0.3 is 4.74 Å². The first-order chi connectivity index (χ1) is 9.37. The van der Waals surface area contributed by atoms with Gasteiger partial charge in [0.2, 0.25) is 0 Å². The monoisotopic (exact) mass is 278 g/mol. The third-order valence-corrected chi connectivity index (χ3v) is 6.16. The number of esters is 1. The van der Waals surface area contributed by atoms with Gasteiger partial charge in [0.25, 0.3) is 0 Å². The Morgan fingerprint density at radius 1 is 1.30 bits per heavy atom. The van der Waals surface area contributed by atoms with Gasteiger partial charge in [0.15, 0.2) is 0 Å². The first-order valence-corrected chi connectivity index (χ1v) is 8.23. The standard InChI is InChI=1S/C18H30O2/c1-6-20-17(19)13(3)15-10-9-14-8-7-12(2)18(4,5)16(14)11-15/h12,14,16H,6-11H2,1-5H3/t12-,14+,16+/m1/s1. The molecule has 0 radical (unpaired) electrons. The van der Waals surface area contributed by atoms with Crippen molar-refractivity contribution in [2.45, 2.75) is 66.7 Å². The molecule has 2 aliphatic carbocycles. The summed E-state index contributed by atoms with van der Waals surface area (Å²) in [6.07, 6.45) is 6.20. The minimum Gasteiger partial charge on any atom is -0.463 e. The third kappa shape index (κ3) is 2.80. The third-order valence-electron chi connectivity index (χ3n) is 6.16. The van der Waals surface area contributed by atoms with Crippen LogP contribution in [0.3, 0.4) is 0 Å². The van der Waals surface area contributed by atoms with Crippen molar-refractivity contribution in [2.75, 3.05) is 6.61 Å². The average molecular weight is 278 g/mol. The molecule has 3 atom stereocenters. The van der Waals surface area contributed by atoms with E-state index in [-0.39, 0.29) is 5.97 Å². The molecule has 2 fully saturated rings. The van der Waals surface area contributed by atoms with Crippen LogP contribution in [0.5, 0.6) is 0 Å². The van der Waals surface area contributed by atoms with Crippen LogP contribution >= 0.6 is 0 Å². The number of carbonyl (C=O) groups excluding carboxylic acids is 1. The van der Waals surface area contributed by atoms with Gasteiger partial charge in [-0.3, -0.25) is 0 Å². The van der Waals surface area contributed by atoms with Crippen LogP contribution in [0.25, 0.3) is 0 Å². The van der Waals surface area contributed by atoms with Crippen LogP contribution in [-0.2, 0) is 9.53 Å². The van der Waals surface area contributed by atoms with Gasteiger partial charge in [0.05, 0.1) is 6.61 Å². The molecule has 0 spiro atoms. The molecule has 114 valence electrons. The highest BCUT2D eigenvalue weighted by atomic mass is 16.5. The average Bonchev–Trinajstić information content (AvgIpc) is 2.42. The molecule has 0 aromatic heterocycles. The minimum atomic E-state index is -0.109. The van der Waals surface area contributed by atoms with Gasteiger partial charge in [0.1, 0.15) is 0 Å². The molecule has 0 bridgehead atoms. The number of ether oxygens (including phenoxy) is 1. The SMILES string of the molecule is CCOC(=O)C(C)=C1CC[C@@H]2CC[C@@H](C)C(C)(C)[C@H]2C1. The zero-order chi connectivity index (χ0) is 14.9. The van der Waals surface area contributed by atoms with Crippen LogP contribution < -0.4 is 0 Å². The van der Waals surface area contributed by atoms with E-state index in [2.05, 4.69) is 20.8 Å². The van der Waals surface area contributed by atoms with E-state index in [1.165, 1.54) is 24.8 Å². The summed E-state index contributed by atoms with van der Waals surface area (Å²) in [6, 6.07) is 0. The maximum absolute atomic E-state index is 11.9. The number of hydrogen-bond acceptors (Lipinski definition) is 2. The molecule has 2 heteroatoms. The molecule has 2 aliphatic rings. The van der Waals surface area contributed by atoms with E-state index >= 15 is 0 Å². The fourth-order valence-electron chi connectivity index (χ4n) is 4.24. The molecule has 0 unspecified atom stereocenters. The van der Waals surface area contributed by atoms with Gasteiger partial charge in [0, 0.05) is 5.57 Å². The molecule has 0 aromatic carbocycles. The van der Waals surface area contributed by atoms with E-state index in [9.17, 15) is 4.79 Å². The van der Waals surface area contributed by atoms with Crippen molar-refractivity contribution in [1.29, 1.82) is 0 Å². The van der Waals surface area contributed by atoms with Gasteiger partial charge in [-0.15, -0.1) is 0 Å². The summed E-state index contributed by atoms with van der Waals surface area (Å²) in [5.41, 5.74) is 2.62. The zero-order valence-corrected chi connectivity index (χ0v) is 13.8. The number of allylic oxidation sites excluding steroid dienone is 1. The molecule has 0 amide bonds. The highest BCUT2D eigenvalue weighted by molar-refractivity contribution is 5.88. The van der Waals surface area contributed by atoms with Crippen molar-refractivity contribution in [3.63, 3.8) is 0 Å². The summed E-state index contributed by atoms with van der Waals surface area (Å²) < 4.78 is 5.17. The Hall–Kier alpha value is -0.790. The normalized spacial score (nSPS) is 35.1. The number of rotatable bonds is 2. The Balaban J connectivity index is 2.19. The van der Waals surface area contributed by atoms with E-state index in [0.717, 1.165) is 36.2 Å². The van der Waals surface area contributed by atoms with Crippen molar-refractivity contribution in [1.82, 2.24) is 0 Å². The maximum atomic E-state index is 11.9. The topological polar surface area (TPSA) is 26.3 Å². The highest BCUT2D eigenvalue weighted by Crippen LogP contribution is 2.54. The predicted octanol–water partition coefficient (Wildman–Crippen LogP) is 4.74. The van der Waals surface area contributed by atoms with Gasteiger partial charge in [-0.1, -0.05) is 26.3 Å². The van der Waals surface area contributed by atoms with E-state index in [1.54, 1.807) is 0 Å². The first kappa shape index (κ1) is 15.6. The summed E-state index contributed by atoms with van der Waals surface area (Å²) in [6.45, 7) is 11.5. The lowest BCUT2D eigenvalue weighted by atomic mass is 9.54. The fraction of sp³-hybridized carbons (Fsp3) is 0.833. The molecule has 0 saturated heterocycles. The highest BCUT2D eigenvalue weighted by Gasteiger charge is 2.45. The number of hydrogen-bond donors (Lipinski definition) is 0. The summed E-state index contributed by atoms with van der Waals surface area (Å²) in [5, 5.41) is 0. The lowest BCUT2D eigenvalue weighted by Crippen LogP contribution is -2.42. The lowest BCUT2D eigenvalue weighted by molar-refractivity contribution is -0.138. The second kappa shape index (κ2) is 5.91. The van der Waals surface area contributed by atoms with Crippen molar-refractivity contribution in [2.24, 2.45) is 23.2 Å². The molecule has 2 saturated carbocycles. The second-order valence-corrected chi connectivity index (χ2v) is 7.36. The quantitative estimate of drug-likeness (QED) is 0.539. The van der Waals surface area contributed by atoms with Crippen molar-refractivity contribution < 1.29 is 9.53 Å². The number of carbonyl (C=O) groups is 1. The Morgan fingerprint density at radius 2 is 2.00 bits per heavy atom. The largest absolute Gasteiger partial charge is 0.463 e. The number of fused-ring (bicyclic) bond motifs is 1. The second-order valence-electron chi connectivity index (χ2n) is 7.36. The van der Waals surface area contributed by atoms with Crippen LogP contribution in [0.4, 0.5) is 0 Å². The summed E-state index contributed by atoms with van der Waals surface area (Å²) in [5.74, 6) is 2.27. The Labute approximate surface area is 124 Å². The van der Waals surface area contributed by atoms with Crippen LogP contribution in [0, 0.1) is 23.2 Å². The Bertz CT molecular complexity index is 406. The summed E-state index contributed by atoms with van der Waals surface area (Å²) in [4.78, 5) is 11.9. The molecule has 0 aliphatic heterocycles. The molecular formula is C18H30O2. The summed E-state index contributed by atoms with van der Waals surface area (Å²) in [7, 11) is 0. The van der Waals surface area contributed by atoms with Gasteiger partial charge >= 0.3 is 5.97 Å². The van der Waals surface area contributed by atoms with Crippen LogP contribution in [0.1, 0.15) is 66.7 Å². The predicted molar refractivity (Wildman–Crippen MR) is 82.3 cm³/mol. The fourth-order valence-corrected chi connectivity index (χ4v) is 4.24. The van der Waals surface area contributed by atoms with Crippen LogP contribution in [-0.4, -0.2) is 12.6 Å². The molecule has 2 rings (SSSR count). The first-order valence-electron chi connectivity index (χ1n) is 8.23. The van der Waals surface area contributed by atoms with E-state index in [4.69, 9.17) is 4.74 Å². The smallest absolute Gasteiger partial charge is 0.333 e. The van der Waals surface area contributed by atoms with Crippen molar-refractivity contribution in [3.05, 3.63) is 11.1 Å². The van der Waals surface area contributed by atoms with Crippen LogP contribution in [0.2, 0.25) is 0 Å². The zero-order valence-electron chi connectivity index (χ0n) is 13.8. The summed E-state index contributed by atoms with van der Waals surface area (Å²) >= 11 is 0.